The van der Waals surface area contributed by atoms with E-state index in [1.807, 2.05) is 0 Å². The van der Waals surface area contributed by atoms with Crippen LogP contribution in [0.25, 0.3) is 10.4 Å². The molecule has 2 heterocycles. The molecule has 0 amide bonds. The first-order valence-corrected chi connectivity index (χ1v) is 7.85. The number of hydrogen-bond acceptors (Lipinski definition) is 4. The van der Waals surface area contributed by atoms with Crippen LogP contribution in [0.5, 0.6) is 5.75 Å². The highest BCUT2D eigenvalue weighted by Crippen LogP contribution is 2.30. The molecule has 0 aliphatic carbocycles. The summed E-state index contributed by atoms with van der Waals surface area (Å²) in [6.07, 6.45) is 1.30. The molecule has 7 nitrogen and oxygen atoms in total. The number of benzene rings is 1. The lowest BCUT2D eigenvalue weighted by molar-refractivity contribution is 0.356. The van der Waals surface area contributed by atoms with E-state index >= 15 is 0 Å². The van der Waals surface area contributed by atoms with Crippen molar-refractivity contribution in [3.05, 3.63) is 34.2 Å². The first-order chi connectivity index (χ1) is 9.61. The minimum Gasteiger partial charge on any atom is -0.493 e. The van der Waals surface area contributed by atoms with Crippen molar-refractivity contribution in [1.29, 1.82) is 0 Å². The van der Waals surface area contributed by atoms with E-state index in [1.54, 1.807) is 18.2 Å². The Balaban J connectivity index is 1.87. The van der Waals surface area contributed by atoms with Crippen LogP contribution in [0.4, 0.5) is 0 Å². The van der Waals surface area contributed by atoms with Crippen LogP contribution in [0.2, 0.25) is 0 Å². The Morgan fingerprint density at radius 3 is 3.10 bits per heavy atom. The van der Waals surface area contributed by atoms with E-state index in [2.05, 4.69) is 10.0 Å². The van der Waals surface area contributed by atoms with Gasteiger partial charge in [0.1, 0.15) is 5.75 Å². The summed E-state index contributed by atoms with van der Waals surface area (Å²) in [7, 11) is -3.52. The average molecular weight is 294 g/mol. The normalized spacial score (nSPS) is 22.1. The third-order valence-corrected chi connectivity index (χ3v) is 5.50. The molecule has 1 fully saturated rings. The first-order valence-electron chi connectivity index (χ1n) is 6.41. The van der Waals surface area contributed by atoms with E-state index in [9.17, 15) is 8.42 Å². The molecule has 1 unspecified atom stereocenters. The highest BCUT2D eigenvalue weighted by atomic mass is 32.2. The lowest BCUT2D eigenvalue weighted by Gasteiger charge is -2.16. The van der Waals surface area contributed by atoms with E-state index in [-0.39, 0.29) is 17.5 Å². The molecule has 0 spiro atoms. The molecule has 20 heavy (non-hydrogen) atoms. The Morgan fingerprint density at radius 1 is 1.45 bits per heavy atom. The second kappa shape index (κ2) is 4.97. The molecule has 0 saturated carbocycles. The summed E-state index contributed by atoms with van der Waals surface area (Å²) >= 11 is 0. The predicted octanol–water partition coefficient (Wildman–Crippen LogP) is 1.69. The molecule has 1 atom stereocenters. The minimum absolute atomic E-state index is 0.250. The van der Waals surface area contributed by atoms with Crippen LogP contribution < -0.4 is 4.74 Å². The summed E-state index contributed by atoms with van der Waals surface area (Å²) in [6.45, 7) is 1.24. The molecule has 2 aliphatic rings. The monoisotopic (exact) mass is 294 g/mol. The van der Waals surface area contributed by atoms with Crippen molar-refractivity contribution in [2.24, 2.45) is 5.11 Å². The molecule has 0 bridgehead atoms. The largest absolute Gasteiger partial charge is 0.493 e. The van der Waals surface area contributed by atoms with Gasteiger partial charge in [-0.25, -0.2) is 8.42 Å². The van der Waals surface area contributed by atoms with Gasteiger partial charge in [-0.1, -0.05) is 5.11 Å². The van der Waals surface area contributed by atoms with Crippen LogP contribution in [-0.4, -0.2) is 38.5 Å². The molecule has 0 radical (unpaired) electrons. The molecule has 1 aromatic rings. The maximum atomic E-state index is 12.5. The summed E-state index contributed by atoms with van der Waals surface area (Å²) in [5.41, 5.74) is 9.34. The highest BCUT2D eigenvalue weighted by Gasteiger charge is 2.32. The van der Waals surface area contributed by atoms with E-state index in [0.717, 1.165) is 17.7 Å². The smallest absolute Gasteiger partial charge is 0.243 e. The molecule has 1 saturated heterocycles. The first kappa shape index (κ1) is 13.2. The van der Waals surface area contributed by atoms with Gasteiger partial charge in [-0.2, -0.15) is 4.31 Å². The Bertz CT molecular complexity index is 682. The van der Waals surface area contributed by atoms with Crippen LogP contribution >= 0.6 is 0 Å². The molecule has 1 aromatic carbocycles. The minimum atomic E-state index is -3.52. The van der Waals surface area contributed by atoms with Crippen LogP contribution in [0.1, 0.15) is 12.0 Å². The number of hydrogen-bond donors (Lipinski definition) is 0. The molecular formula is C12H14N4O3S. The summed E-state index contributed by atoms with van der Waals surface area (Å²) < 4.78 is 31.8. The van der Waals surface area contributed by atoms with Crippen LogP contribution in [-0.2, 0) is 16.4 Å². The molecule has 2 aliphatic heterocycles. The number of nitrogens with zero attached hydrogens (tertiary/aromatic N) is 4. The third kappa shape index (κ3) is 2.22. The Kier molecular flexibility index (Phi) is 3.29. The summed E-state index contributed by atoms with van der Waals surface area (Å²) in [5, 5.41) is 3.59. The van der Waals surface area contributed by atoms with E-state index < -0.39 is 10.0 Å². The van der Waals surface area contributed by atoms with Gasteiger partial charge in [-0.05, 0) is 35.7 Å². The van der Waals surface area contributed by atoms with Crippen molar-refractivity contribution >= 4 is 10.0 Å². The van der Waals surface area contributed by atoms with Gasteiger partial charge in [0.15, 0.2) is 0 Å². The summed E-state index contributed by atoms with van der Waals surface area (Å²) in [6, 6.07) is 4.68. The summed E-state index contributed by atoms with van der Waals surface area (Å²) in [5.74, 6) is 0.761. The van der Waals surface area contributed by atoms with Crippen LogP contribution in [0.3, 0.4) is 0 Å². The van der Waals surface area contributed by atoms with Gasteiger partial charge in [-0.3, -0.25) is 0 Å². The van der Waals surface area contributed by atoms with Gasteiger partial charge in [0.2, 0.25) is 10.0 Å². The molecule has 0 N–H and O–H groups in total. The number of ether oxygens (including phenoxy) is 1. The third-order valence-electron chi connectivity index (χ3n) is 3.64. The van der Waals surface area contributed by atoms with Crippen LogP contribution in [0, 0.1) is 0 Å². The lowest BCUT2D eigenvalue weighted by atomic mass is 10.2. The number of sulfonamides is 1. The second-order valence-corrected chi connectivity index (χ2v) is 6.82. The fourth-order valence-electron chi connectivity index (χ4n) is 2.57. The second-order valence-electron chi connectivity index (χ2n) is 4.88. The standard InChI is InChI=1S/C12H14N4O3S/c13-15-14-10-3-5-16(8-10)20(17,18)11-1-2-12-9(7-11)4-6-19-12/h1-2,7,10H,3-6,8H2. The quantitative estimate of drug-likeness (QED) is 0.482. The molecule has 106 valence electrons. The van der Waals surface area contributed by atoms with Gasteiger partial charge in [0.05, 0.1) is 17.5 Å². The maximum absolute atomic E-state index is 12.5. The maximum Gasteiger partial charge on any atom is 0.243 e. The van der Waals surface area contributed by atoms with Crippen LogP contribution in [0.15, 0.2) is 28.2 Å². The number of azide groups is 1. The van der Waals surface area contributed by atoms with Crippen molar-refractivity contribution in [2.75, 3.05) is 19.7 Å². The van der Waals surface area contributed by atoms with Crippen molar-refractivity contribution in [3.8, 4) is 5.75 Å². The predicted molar refractivity (Wildman–Crippen MR) is 72.0 cm³/mol. The fourth-order valence-corrected chi connectivity index (χ4v) is 4.11. The van der Waals surface area contributed by atoms with E-state index in [0.29, 0.717) is 19.6 Å². The molecule has 8 heteroatoms. The molecular weight excluding hydrogens is 280 g/mol. The average Bonchev–Trinajstić information content (AvgIpc) is 3.06. The van der Waals surface area contributed by atoms with Gasteiger partial charge < -0.3 is 4.74 Å². The number of fused-ring (bicyclic) bond motifs is 1. The van der Waals surface area contributed by atoms with E-state index in [1.165, 1.54) is 4.31 Å². The van der Waals surface area contributed by atoms with Crippen molar-refractivity contribution in [1.82, 2.24) is 4.31 Å². The zero-order valence-electron chi connectivity index (χ0n) is 10.8. The number of rotatable bonds is 3. The zero-order chi connectivity index (χ0) is 14.2. The van der Waals surface area contributed by atoms with Gasteiger partial charge in [0.25, 0.3) is 0 Å². The highest BCUT2D eigenvalue weighted by molar-refractivity contribution is 7.89. The van der Waals surface area contributed by atoms with Crippen molar-refractivity contribution in [3.63, 3.8) is 0 Å². The SMILES string of the molecule is [N-]=[N+]=NC1CCN(S(=O)(=O)c2ccc3c(c2)CCO3)C1. The van der Waals surface area contributed by atoms with Gasteiger partial charge in [-0.15, -0.1) is 0 Å². The Labute approximate surface area is 116 Å². The zero-order valence-corrected chi connectivity index (χ0v) is 11.6. The lowest BCUT2D eigenvalue weighted by Crippen LogP contribution is -2.29. The van der Waals surface area contributed by atoms with Crippen molar-refractivity contribution < 1.29 is 13.2 Å². The van der Waals surface area contributed by atoms with Crippen molar-refractivity contribution in [2.45, 2.75) is 23.8 Å². The molecule has 0 aromatic heterocycles. The Hall–Kier alpha value is -1.76. The van der Waals surface area contributed by atoms with Gasteiger partial charge >= 0.3 is 0 Å². The van der Waals surface area contributed by atoms with E-state index in [4.69, 9.17) is 10.3 Å². The summed E-state index contributed by atoms with van der Waals surface area (Å²) in [4.78, 5) is 3.02. The fraction of sp³-hybridized carbons (Fsp3) is 0.500. The topological polar surface area (TPSA) is 95.4 Å². The molecule has 3 rings (SSSR count). The Morgan fingerprint density at radius 2 is 2.30 bits per heavy atom. The van der Waals surface area contributed by atoms with Gasteiger partial charge in [0, 0.05) is 24.4 Å².